The van der Waals surface area contributed by atoms with Gasteiger partial charge in [-0.2, -0.15) is 0 Å². The first-order valence-electron chi connectivity index (χ1n) is 10.5. The Morgan fingerprint density at radius 3 is 2.24 bits per heavy atom. The van der Waals surface area contributed by atoms with E-state index in [1.807, 2.05) is 41.0 Å². The predicted octanol–water partition coefficient (Wildman–Crippen LogP) is 6.00. The number of carbonyl (C=O) groups is 2. The number of fused-ring (bicyclic) bond motifs is 1. The number of alkyl halides is 3. The minimum atomic E-state index is -4.76. The van der Waals surface area contributed by atoms with E-state index in [-0.39, 0.29) is 17.9 Å². The summed E-state index contributed by atoms with van der Waals surface area (Å²) in [6, 6.07) is 20.4. The lowest BCUT2D eigenvalue weighted by atomic mass is 10.0. The molecule has 34 heavy (non-hydrogen) atoms. The van der Waals surface area contributed by atoms with Gasteiger partial charge >= 0.3 is 12.3 Å². The molecule has 0 atom stereocenters. The van der Waals surface area contributed by atoms with Crippen molar-refractivity contribution in [1.82, 2.24) is 4.57 Å². The van der Waals surface area contributed by atoms with Crippen LogP contribution in [0.5, 0.6) is 5.75 Å². The summed E-state index contributed by atoms with van der Waals surface area (Å²) in [5.74, 6) is -1.97. The van der Waals surface area contributed by atoms with Gasteiger partial charge in [-0.15, -0.1) is 13.2 Å². The van der Waals surface area contributed by atoms with Crippen LogP contribution in [0.1, 0.15) is 22.8 Å². The first kappa shape index (κ1) is 23.1. The lowest BCUT2D eigenvalue weighted by Crippen LogP contribution is -2.17. The van der Waals surface area contributed by atoms with E-state index in [0.717, 1.165) is 11.1 Å². The molecule has 0 unspecified atom stereocenters. The Labute approximate surface area is 193 Å². The Bertz CT molecular complexity index is 1330. The number of ether oxygens (including phenoxy) is 2. The molecule has 0 amide bonds. The lowest BCUT2D eigenvalue weighted by molar-refractivity contribution is -0.274. The highest BCUT2D eigenvalue weighted by molar-refractivity contribution is 6.43. The number of halogens is 3. The Morgan fingerprint density at radius 1 is 0.912 bits per heavy atom. The van der Waals surface area contributed by atoms with Gasteiger partial charge in [0, 0.05) is 23.6 Å². The molecule has 0 bridgehead atoms. The second-order valence-electron chi connectivity index (χ2n) is 7.51. The van der Waals surface area contributed by atoms with E-state index in [1.54, 1.807) is 25.3 Å². The fraction of sp³-hybridized carbons (Fsp3) is 0.154. The van der Waals surface area contributed by atoms with Crippen LogP contribution >= 0.6 is 0 Å². The fourth-order valence-corrected chi connectivity index (χ4v) is 3.72. The fourth-order valence-electron chi connectivity index (χ4n) is 3.72. The number of nitrogens with zero attached hydrogens (tertiary/aromatic N) is 1. The van der Waals surface area contributed by atoms with Crippen molar-refractivity contribution in [1.29, 1.82) is 0 Å². The van der Waals surface area contributed by atoms with Gasteiger partial charge in [-0.3, -0.25) is 4.79 Å². The monoisotopic (exact) mass is 467 g/mol. The number of esters is 1. The van der Waals surface area contributed by atoms with Crippen molar-refractivity contribution in [3.05, 3.63) is 90.1 Å². The van der Waals surface area contributed by atoms with Gasteiger partial charge in [0.25, 0.3) is 5.78 Å². The average molecular weight is 467 g/mol. The maximum Gasteiger partial charge on any atom is 0.573 e. The summed E-state index contributed by atoms with van der Waals surface area (Å²) in [5, 5.41) is 0.578. The molecule has 0 saturated carbocycles. The van der Waals surface area contributed by atoms with Gasteiger partial charge in [-0.25, -0.2) is 4.79 Å². The van der Waals surface area contributed by atoms with Crippen LogP contribution in [0.3, 0.4) is 0 Å². The molecule has 4 aromatic rings. The first-order valence-corrected chi connectivity index (χ1v) is 10.5. The Morgan fingerprint density at radius 2 is 1.59 bits per heavy atom. The van der Waals surface area contributed by atoms with Crippen molar-refractivity contribution in [3.8, 4) is 16.9 Å². The second kappa shape index (κ2) is 9.43. The maximum absolute atomic E-state index is 12.7. The normalized spacial score (nSPS) is 11.4. The quantitative estimate of drug-likeness (QED) is 0.190. The third kappa shape index (κ3) is 5.11. The molecular formula is C26H20F3NO4. The summed E-state index contributed by atoms with van der Waals surface area (Å²) >= 11 is 0. The summed E-state index contributed by atoms with van der Waals surface area (Å²) in [5.41, 5.74) is 3.32. The lowest BCUT2D eigenvalue weighted by Gasteiger charge is -2.10. The van der Waals surface area contributed by atoms with Gasteiger partial charge in [-0.05, 0) is 41.8 Å². The first-order chi connectivity index (χ1) is 16.2. The highest BCUT2D eigenvalue weighted by Gasteiger charge is 2.31. The van der Waals surface area contributed by atoms with E-state index in [4.69, 9.17) is 4.74 Å². The third-order valence-corrected chi connectivity index (χ3v) is 5.20. The molecule has 5 nitrogen and oxygen atoms in total. The summed E-state index contributed by atoms with van der Waals surface area (Å²) in [4.78, 5) is 24.8. The number of rotatable bonds is 7. The molecule has 0 fully saturated rings. The number of Topliss-reactive ketones (excluding diaryl/α,β-unsaturated/α-hetero) is 1. The smallest absolute Gasteiger partial charge is 0.460 e. The molecule has 0 N–H and O–H groups in total. The molecule has 0 radical (unpaired) electrons. The molecular weight excluding hydrogens is 447 g/mol. The molecule has 0 spiro atoms. The molecule has 8 heteroatoms. The van der Waals surface area contributed by atoms with Crippen molar-refractivity contribution in [2.75, 3.05) is 6.61 Å². The SMILES string of the molecule is CCOC(=O)C(=O)c1cn(Cc2ccccc2)c2cc(-c3ccc(OC(F)(F)F)cc3)ccc12. The van der Waals surface area contributed by atoms with Crippen molar-refractivity contribution >= 4 is 22.7 Å². The van der Waals surface area contributed by atoms with Crippen LogP contribution in [0.4, 0.5) is 13.2 Å². The molecule has 0 aliphatic heterocycles. The van der Waals surface area contributed by atoms with Gasteiger partial charge in [-0.1, -0.05) is 54.6 Å². The van der Waals surface area contributed by atoms with E-state index >= 15 is 0 Å². The number of hydrogen-bond donors (Lipinski definition) is 0. The summed E-state index contributed by atoms with van der Waals surface area (Å²) in [7, 11) is 0. The summed E-state index contributed by atoms with van der Waals surface area (Å²) < 4.78 is 48.0. The van der Waals surface area contributed by atoms with Crippen LogP contribution in [0.25, 0.3) is 22.0 Å². The van der Waals surface area contributed by atoms with Crippen LogP contribution in [0.15, 0.2) is 79.0 Å². The van der Waals surface area contributed by atoms with Crippen molar-refractivity contribution in [2.24, 2.45) is 0 Å². The molecule has 0 saturated heterocycles. The predicted molar refractivity (Wildman–Crippen MR) is 121 cm³/mol. The van der Waals surface area contributed by atoms with Crippen molar-refractivity contribution in [2.45, 2.75) is 19.8 Å². The van der Waals surface area contributed by atoms with Gasteiger partial charge in [0.15, 0.2) is 0 Å². The van der Waals surface area contributed by atoms with Crippen LogP contribution in [0, 0.1) is 0 Å². The van der Waals surface area contributed by atoms with Crippen LogP contribution in [-0.4, -0.2) is 29.3 Å². The zero-order valence-corrected chi connectivity index (χ0v) is 18.1. The van der Waals surface area contributed by atoms with Crippen LogP contribution < -0.4 is 4.74 Å². The van der Waals surface area contributed by atoms with Crippen molar-refractivity contribution < 1.29 is 32.2 Å². The molecule has 1 heterocycles. The zero-order valence-electron chi connectivity index (χ0n) is 18.1. The van der Waals surface area contributed by atoms with Crippen LogP contribution in [0.2, 0.25) is 0 Å². The molecule has 3 aromatic carbocycles. The standard InChI is InChI=1S/C26H20F3NO4/c1-2-33-25(32)24(31)22-16-30(15-17-6-4-3-5-7-17)23-14-19(10-13-21(22)23)18-8-11-20(12-9-18)34-26(27,28)29/h3-14,16H,2,15H2,1H3. The van der Waals surface area contributed by atoms with Crippen LogP contribution in [-0.2, 0) is 16.1 Å². The van der Waals surface area contributed by atoms with Gasteiger partial charge in [0.05, 0.1) is 12.2 Å². The number of carbonyl (C=O) groups excluding carboxylic acids is 2. The Kier molecular flexibility index (Phi) is 6.40. The number of benzene rings is 3. The Hall–Kier alpha value is -4.07. The van der Waals surface area contributed by atoms with E-state index in [0.29, 0.717) is 23.0 Å². The van der Waals surface area contributed by atoms with E-state index in [1.165, 1.54) is 24.3 Å². The topological polar surface area (TPSA) is 57.5 Å². The molecule has 1 aromatic heterocycles. The average Bonchev–Trinajstić information content (AvgIpc) is 3.16. The molecule has 174 valence electrons. The number of ketones is 1. The Balaban J connectivity index is 1.76. The third-order valence-electron chi connectivity index (χ3n) is 5.20. The highest BCUT2D eigenvalue weighted by Crippen LogP contribution is 2.31. The number of aromatic nitrogens is 1. The van der Waals surface area contributed by atoms with E-state index in [2.05, 4.69) is 4.74 Å². The largest absolute Gasteiger partial charge is 0.573 e. The summed E-state index contributed by atoms with van der Waals surface area (Å²) in [6.45, 7) is 2.17. The summed E-state index contributed by atoms with van der Waals surface area (Å²) in [6.07, 6.45) is -3.14. The molecule has 4 rings (SSSR count). The highest BCUT2D eigenvalue weighted by atomic mass is 19.4. The number of hydrogen-bond acceptors (Lipinski definition) is 4. The zero-order chi connectivity index (χ0) is 24.3. The maximum atomic E-state index is 12.7. The molecule has 0 aliphatic rings. The van der Waals surface area contributed by atoms with Gasteiger partial charge in [0.1, 0.15) is 5.75 Å². The van der Waals surface area contributed by atoms with Crippen molar-refractivity contribution in [3.63, 3.8) is 0 Å². The second-order valence-corrected chi connectivity index (χ2v) is 7.51. The van der Waals surface area contributed by atoms with Gasteiger partial charge < -0.3 is 14.0 Å². The van der Waals surface area contributed by atoms with Gasteiger partial charge in [0.2, 0.25) is 0 Å². The van der Waals surface area contributed by atoms with E-state index < -0.39 is 18.1 Å². The minimum Gasteiger partial charge on any atom is -0.460 e. The molecule has 0 aliphatic carbocycles. The minimum absolute atomic E-state index is 0.0887. The van der Waals surface area contributed by atoms with E-state index in [9.17, 15) is 22.8 Å².